The van der Waals surface area contributed by atoms with E-state index in [-0.39, 0.29) is 11.9 Å². The first-order valence-corrected chi connectivity index (χ1v) is 8.63. The third-order valence-corrected chi connectivity index (χ3v) is 5.85. The molecule has 4 heteroatoms. The Morgan fingerprint density at radius 2 is 2.16 bits per heavy atom. The van der Waals surface area contributed by atoms with E-state index < -0.39 is 0 Å². The lowest BCUT2D eigenvalue weighted by Gasteiger charge is -2.31. The minimum Gasteiger partial charge on any atom is -0.347 e. The van der Waals surface area contributed by atoms with Gasteiger partial charge in [-0.3, -0.25) is 9.69 Å². The van der Waals surface area contributed by atoms with Gasteiger partial charge in [0.05, 0.1) is 23.4 Å². The van der Waals surface area contributed by atoms with E-state index in [1.807, 2.05) is 12.2 Å². The number of rotatable bonds is 0. The monoisotopic (exact) mass is 326 g/mol. The summed E-state index contributed by atoms with van der Waals surface area (Å²) in [7, 11) is 2.14. The minimum absolute atomic E-state index is 0.0373. The molecule has 1 N–H and O–H groups in total. The van der Waals surface area contributed by atoms with Crippen molar-refractivity contribution in [2.75, 3.05) is 6.54 Å². The highest BCUT2D eigenvalue weighted by Gasteiger charge is 2.49. The Morgan fingerprint density at radius 3 is 3.08 bits per heavy atom. The van der Waals surface area contributed by atoms with Crippen molar-refractivity contribution in [1.82, 2.24) is 14.8 Å². The predicted molar refractivity (Wildman–Crippen MR) is 96.0 cm³/mol. The molecule has 1 aliphatic carbocycles. The van der Waals surface area contributed by atoms with Crippen molar-refractivity contribution in [3.05, 3.63) is 76.8 Å². The number of fused-ring (bicyclic) bond motifs is 8. The topological polar surface area (TPSA) is 37.3 Å². The van der Waals surface area contributed by atoms with E-state index in [4.69, 9.17) is 0 Å². The van der Waals surface area contributed by atoms with Crippen LogP contribution < -0.4 is 5.32 Å². The molecule has 4 aliphatic rings. The molecule has 120 valence electrons. The molecule has 0 saturated heterocycles. The predicted octanol–water partition coefficient (Wildman–Crippen LogP) is 2.96. The van der Waals surface area contributed by atoms with E-state index in [0.29, 0.717) is 6.54 Å². The molecule has 0 spiro atoms. The number of hydrogen-bond donors (Lipinski definition) is 1. The number of carbonyl (C=O) groups excluding carboxylic acids is 1. The number of nitrogens with one attached hydrogen (secondary N) is 1. The molecular formula is C21H16N3O+. The summed E-state index contributed by atoms with van der Waals surface area (Å²) in [6.45, 7) is 0.601. The van der Waals surface area contributed by atoms with Crippen LogP contribution in [0.1, 0.15) is 23.7 Å². The average Bonchev–Trinajstić information content (AvgIpc) is 3.28. The van der Waals surface area contributed by atoms with Gasteiger partial charge in [-0.25, -0.2) is 0 Å². The minimum atomic E-state index is 0.0373. The van der Waals surface area contributed by atoms with E-state index in [1.165, 1.54) is 27.7 Å². The molecule has 4 heterocycles. The molecule has 1 atom stereocenters. The van der Waals surface area contributed by atoms with Crippen LogP contribution in [0.3, 0.4) is 0 Å². The van der Waals surface area contributed by atoms with Crippen molar-refractivity contribution < 1.29 is 4.79 Å². The quantitative estimate of drug-likeness (QED) is 0.756. The van der Waals surface area contributed by atoms with Gasteiger partial charge in [0.15, 0.2) is 5.70 Å². The maximum absolute atomic E-state index is 12.7. The molecule has 2 aromatic rings. The Bertz CT molecular complexity index is 1110. The van der Waals surface area contributed by atoms with Crippen LogP contribution in [-0.4, -0.2) is 21.9 Å². The molecule has 6 rings (SSSR count). The summed E-state index contributed by atoms with van der Waals surface area (Å²) in [5.74, 6) is 0.0373. The fourth-order valence-corrected chi connectivity index (χ4v) is 4.87. The van der Waals surface area contributed by atoms with E-state index >= 15 is 0 Å². The summed E-state index contributed by atoms with van der Waals surface area (Å²) in [6.07, 6.45) is 10.2. The highest BCUT2D eigenvalue weighted by atomic mass is 16.2. The van der Waals surface area contributed by atoms with Crippen molar-refractivity contribution in [1.29, 1.82) is 0 Å². The molecule has 0 bridgehead atoms. The Kier molecular flexibility index (Phi) is 2.27. The van der Waals surface area contributed by atoms with Crippen molar-refractivity contribution in [3.63, 3.8) is 0 Å². The van der Waals surface area contributed by atoms with Crippen LogP contribution in [0.15, 0.2) is 59.5 Å². The number of aromatic nitrogens is 1. The molecule has 0 radical (unpaired) electrons. The Labute approximate surface area is 145 Å². The maximum atomic E-state index is 12.7. The highest BCUT2D eigenvalue weighted by molar-refractivity contribution is 6.11. The number of benzene rings is 1. The average molecular weight is 326 g/mol. The summed E-state index contributed by atoms with van der Waals surface area (Å²) in [6, 6.07) is 8.67. The zero-order chi connectivity index (χ0) is 16.7. The van der Waals surface area contributed by atoms with E-state index in [9.17, 15) is 4.79 Å². The number of nitrogens with zero attached hydrogens (tertiary/aromatic N) is 2. The van der Waals surface area contributed by atoms with E-state index in [2.05, 4.69) is 58.2 Å². The van der Waals surface area contributed by atoms with Crippen molar-refractivity contribution in [2.45, 2.75) is 12.5 Å². The van der Waals surface area contributed by atoms with Gasteiger partial charge in [-0.1, -0.05) is 18.2 Å². The lowest BCUT2D eigenvalue weighted by Crippen LogP contribution is -2.32. The second-order valence-corrected chi connectivity index (χ2v) is 6.99. The molecule has 3 aliphatic heterocycles. The molecule has 1 amide bonds. The summed E-state index contributed by atoms with van der Waals surface area (Å²) in [5.41, 5.74) is 8.15. The molecule has 25 heavy (non-hydrogen) atoms. The number of allylic oxidation sites excluding steroid dienone is 4. The first kappa shape index (κ1) is 13.2. The van der Waals surface area contributed by atoms with Crippen LogP contribution in [0.4, 0.5) is 0 Å². The van der Waals surface area contributed by atoms with Crippen molar-refractivity contribution in [2.24, 2.45) is 7.05 Å². The molecule has 4 nitrogen and oxygen atoms in total. The summed E-state index contributed by atoms with van der Waals surface area (Å²) < 4.78 is 2.31. The molecule has 1 aromatic carbocycles. The number of carbonyl (C=O) groups is 1. The summed E-state index contributed by atoms with van der Waals surface area (Å²) in [4.78, 5) is 14.9. The largest absolute Gasteiger partial charge is 0.347 e. The molecule has 1 unspecified atom stereocenters. The van der Waals surface area contributed by atoms with Gasteiger partial charge in [-0.2, -0.15) is 0 Å². The Morgan fingerprint density at radius 1 is 1.28 bits per heavy atom. The first-order valence-electron chi connectivity index (χ1n) is 8.63. The molecule has 0 fully saturated rings. The van der Waals surface area contributed by atoms with Crippen molar-refractivity contribution in [3.8, 4) is 0 Å². The number of para-hydroxylation sites is 1. The number of amides is 1. The van der Waals surface area contributed by atoms with Crippen LogP contribution in [-0.2, 0) is 11.8 Å². The van der Waals surface area contributed by atoms with Crippen LogP contribution in [0.2, 0.25) is 0 Å². The van der Waals surface area contributed by atoms with E-state index in [1.54, 1.807) is 0 Å². The summed E-state index contributed by atoms with van der Waals surface area (Å²) >= 11 is 0. The fraction of sp³-hybridized carbons (Fsp3) is 0.190. The highest BCUT2D eigenvalue weighted by Crippen LogP contribution is 2.53. The maximum Gasteiger partial charge on any atom is 0.269 e. The second-order valence-electron chi connectivity index (χ2n) is 6.99. The SMILES string of the molecule is Cn1c2c(c3ccccc31)C1=C(C(=O)NC1)N1C3=C(C=C[C+]=C3)CC21. The number of hydrogen-bond acceptors (Lipinski definition) is 2. The van der Waals surface area contributed by atoms with Gasteiger partial charge >= 0.3 is 0 Å². The molecular weight excluding hydrogens is 310 g/mol. The third-order valence-electron chi connectivity index (χ3n) is 5.85. The van der Waals surface area contributed by atoms with Gasteiger partial charge in [-0.15, -0.1) is 0 Å². The fourth-order valence-electron chi connectivity index (χ4n) is 4.87. The first-order chi connectivity index (χ1) is 12.3. The smallest absolute Gasteiger partial charge is 0.269 e. The van der Waals surface area contributed by atoms with Gasteiger partial charge < -0.3 is 9.88 Å². The standard InChI is InChI=1S/C21H15N3O/c1-23-16-9-5-3-7-13(16)18-14-11-22-21(25)19(14)24-15-8-4-2-6-12(15)10-17(24)20(18)23/h2-3,5-9,17H,10-11H2,1H3/p+1. The van der Waals surface area contributed by atoms with Crippen LogP contribution >= 0.6 is 0 Å². The van der Waals surface area contributed by atoms with Gasteiger partial charge in [0.2, 0.25) is 0 Å². The normalized spacial score (nSPS) is 22.8. The Balaban J connectivity index is 1.73. The van der Waals surface area contributed by atoms with Crippen LogP contribution in [0.5, 0.6) is 0 Å². The lowest BCUT2D eigenvalue weighted by molar-refractivity contribution is -0.118. The second kappa shape index (κ2) is 4.29. The van der Waals surface area contributed by atoms with E-state index in [0.717, 1.165) is 23.4 Å². The Hall–Kier alpha value is -3.10. The third kappa shape index (κ3) is 1.44. The van der Waals surface area contributed by atoms with Gasteiger partial charge in [0.1, 0.15) is 17.8 Å². The van der Waals surface area contributed by atoms with Gasteiger partial charge in [0, 0.05) is 48.1 Å². The van der Waals surface area contributed by atoms with Crippen LogP contribution in [0, 0.1) is 6.08 Å². The molecule has 0 saturated carbocycles. The van der Waals surface area contributed by atoms with Crippen molar-refractivity contribution >= 4 is 22.4 Å². The van der Waals surface area contributed by atoms with Gasteiger partial charge in [0.25, 0.3) is 5.91 Å². The number of aryl methyl sites for hydroxylation is 1. The van der Waals surface area contributed by atoms with Gasteiger partial charge in [-0.05, 0) is 6.07 Å². The molecule has 1 aromatic heterocycles. The zero-order valence-electron chi connectivity index (χ0n) is 13.8. The van der Waals surface area contributed by atoms with Crippen LogP contribution in [0.25, 0.3) is 16.5 Å². The zero-order valence-corrected chi connectivity index (χ0v) is 13.8. The lowest BCUT2D eigenvalue weighted by atomic mass is 9.92. The summed E-state index contributed by atoms with van der Waals surface area (Å²) in [5, 5.41) is 4.29.